The summed E-state index contributed by atoms with van der Waals surface area (Å²) in [6, 6.07) is 2.38. The highest BCUT2D eigenvalue weighted by molar-refractivity contribution is 6.32. The van der Waals surface area contributed by atoms with E-state index in [1.807, 2.05) is 13.0 Å². The molecule has 1 rings (SSSR count). The van der Waals surface area contributed by atoms with Crippen molar-refractivity contribution in [3.8, 4) is 0 Å². The summed E-state index contributed by atoms with van der Waals surface area (Å²) >= 11 is 6.05. The van der Waals surface area contributed by atoms with Crippen molar-refractivity contribution in [1.82, 2.24) is 4.98 Å². The number of rotatable bonds is 4. The molecule has 0 aromatic carbocycles. The molecule has 84 valence electrons. The lowest BCUT2D eigenvalue weighted by atomic mass is 10.0. The molecule has 1 aromatic heterocycles. The number of nitrogens with one attached hydrogen (secondary N) is 1. The summed E-state index contributed by atoms with van der Waals surface area (Å²) in [7, 11) is 0. The molecule has 1 heterocycles. The highest BCUT2D eigenvalue weighted by atomic mass is 35.5. The molecule has 2 nitrogen and oxygen atoms in total. The van der Waals surface area contributed by atoms with E-state index in [0.717, 1.165) is 17.7 Å². The summed E-state index contributed by atoms with van der Waals surface area (Å²) in [5.41, 5.74) is 2.11. The average molecular weight is 227 g/mol. The molecule has 0 aliphatic carbocycles. The summed E-state index contributed by atoms with van der Waals surface area (Å²) in [6.45, 7) is 8.65. The molecule has 0 saturated carbocycles. The lowest BCUT2D eigenvalue weighted by Crippen LogP contribution is -2.24. The Kier molecular flexibility index (Phi) is 4.40. The second-order valence-electron chi connectivity index (χ2n) is 4.11. The zero-order valence-corrected chi connectivity index (χ0v) is 10.6. The first-order valence-corrected chi connectivity index (χ1v) is 5.81. The molecule has 0 radical (unpaired) electrons. The Morgan fingerprint density at radius 3 is 2.67 bits per heavy atom. The topological polar surface area (TPSA) is 24.9 Å². The molecule has 0 spiro atoms. The Balaban J connectivity index is 2.80. The van der Waals surface area contributed by atoms with Crippen LogP contribution in [0.1, 0.15) is 32.8 Å². The Labute approximate surface area is 97.1 Å². The van der Waals surface area contributed by atoms with Gasteiger partial charge in [-0.15, -0.1) is 0 Å². The third-order valence-electron chi connectivity index (χ3n) is 2.98. The predicted molar refractivity (Wildman–Crippen MR) is 66.5 cm³/mol. The maximum Gasteiger partial charge on any atom is 0.152 e. The van der Waals surface area contributed by atoms with Gasteiger partial charge < -0.3 is 5.32 Å². The maximum atomic E-state index is 6.05. The smallest absolute Gasteiger partial charge is 0.152 e. The molecule has 2 unspecified atom stereocenters. The zero-order chi connectivity index (χ0) is 11.4. The van der Waals surface area contributed by atoms with Crippen molar-refractivity contribution in [3.63, 3.8) is 0 Å². The van der Waals surface area contributed by atoms with Crippen LogP contribution >= 0.6 is 11.6 Å². The molecular weight excluding hydrogens is 208 g/mol. The van der Waals surface area contributed by atoms with Crippen LogP contribution in [0.3, 0.4) is 0 Å². The molecule has 0 fully saturated rings. The van der Waals surface area contributed by atoms with E-state index in [2.05, 4.69) is 31.1 Å². The van der Waals surface area contributed by atoms with E-state index in [9.17, 15) is 0 Å². The molecule has 0 amide bonds. The fourth-order valence-corrected chi connectivity index (χ4v) is 1.68. The quantitative estimate of drug-likeness (QED) is 0.788. The monoisotopic (exact) mass is 226 g/mol. The van der Waals surface area contributed by atoms with Crippen molar-refractivity contribution >= 4 is 17.3 Å². The van der Waals surface area contributed by atoms with Crippen LogP contribution in [0.25, 0.3) is 0 Å². The summed E-state index contributed by atoms with van der Waals surface area (Å²) in [6.07, 6.45) is 2.89. The number of anilines is 1. The van der Waals surface area contributed by atoms with Gasteiger partial charge >= 0.3 is 0 Å². The van der Waals surface area contributed by atoms with Crippen molar-refractivity contribution in [2.24, 2.45) is 5.92 Å². The van der Waals surface area contributed by atoms with E-state index in [0.29, 0.717) is 17.1 Å². The van der Waals surface area contributed by atoms with Gasteiger partial charge in [0.15, 0.2) is 5.15 Å². The minimum atomic E-state index is 0.412. The van der Waals surface area contributed by atoms with E-state index >= 15 is 0 Å². The first-order valence-electron chi connectivity index (χ1n) is 5.43. The summed E-state index contributed by atoms with van der Waals surface area (Å²) in [5.74, 6) is 0.626. The van der Waals surface area contributed by atoms with Crippen LogP contribution in [-0.2, 0) is 0 Å². The average Bonchev–Trinajstić information content (AvgIpc) is 2.22. The van der Waals surface area contributed by atoms with E-state index in [1.165, 1.54) is 0 Å². The number of hydrogen-bond donors (Lipinski definition) is 1. The molecule has 1 aromatic rings. The standard InChI is InChI=1S/C12H19ClN2/c1-5-8(2)10(4)15-11-9(3)6-7-14-12(11)13/h6-8,10,15H,5H2,1-4H3. The highest BCUT2D eigenvalue weighted by Gasteiger charge is 2.13. The molecule has 2 atom stereocenters. The fraction of sp³-hybridized carbons (Fsp3) is 0.583. The van der Waals surface area contributed by atoms with Crippen molar-refractivity contribution in [3.05, 3.63) is 23.0 Å². The fourth-order valence-electron chi connectivity index (χ4n) is 1.42. The molecule has 0 saturated heterocycles. The van der Waals surface area contributed by atoms with Gasteiger partial charge in [0.1, 0.15) is 0 Å². The van der Waals surface area contributed by atoms with Crippen LogP contribution in [0.4, 0.5) is 5.69 Å². The van der Waals surface area contributed by atoms with Crippen molar-refractivity contribution in [2.75, 3.05) is 5.32 Å². The third kappa shape index (κ3) is 3.10. The second kappa shape index (κ2) is 5.36. The van der Waals surface area contributed by atoms with Gasteiger partial charge in [-0.25, -0.2) is 4.98 Å². The van der Waals surface area contributed by atoms with Crippen molar-refractivity contribution in [2.45, 2.75) is 40.2 Å². The van der Waals surface area contributed by atoms with Crippen LogP contribution in [0.5, 0.6) is 0 Å². The predicted octanol–water partition coefficient (Wildman–Crippen LogP) is 3.89. The highest BCUT2D eigenvalue weighted by Crippen LogP contribution is 2.25. The van der Waals surface area contributed by atoms with Gasteiger partial charge in [-0.2, -0.15) is 0 Å². The Bertz CT molecular complexity index is 305. The summed E-state index contributed by atoms with van der Waals surface area (Å²) in [4.78, 5) is 4.08. The van der Waals surface area contributed by atoms with E-state index in [-0.39, 0.29) is 0 Å². The van der Waals surface area contributed by atoms with E-state index in [1.54, 1.807) is 6.20 Å². The normalized spacial score (nSPS) is 14.7. The summed E-state index contributed by atoms with van der Waals surface area (Å²) < 4.78 is 0. The van der Waals surface area contributed by atoms with Crippen LogP contribution in [0.2, 0.25) is 5.15 Å². The lowest BCUT2D eigenvalue weighted by Gasteiger charge is -2.22. The molecule has 0 aliphatic heterocycles. The number of hydrogen-bond acceptors (Lipinski definition) is 2. The summed E-state index contributed by atoms with van der Waals surface area (Å²) in [5, 5.41) is 4.00. The first kappa shape index (κ1) is 12.3. The molecule has 1 N–H and O–H groups in total. The number of aryl methyl sites for hydroxylation is 1. The van der Waals surface area contributed by atoms with Crippen LogP contribution in [0.15, 0.2) is 12.3 Å². The Hall–Kier alpha value is -0.760. The van der Waals surface area contributed by atoms with Gasteiger partial charge in [-0.05, 0) is 31.4 Å². The van der Waals surface area contributed by atoms with Crippen LogP contribution < -0.4 is 5.32 Å². The van der Waals surface area contributed by atoms with Gasteiger partial charge in [0.25, 0.3) is 0 Å². The van der Waals surface area contributed by atoms with Crippen LogP contribution in [0, 0.1) is 12.8 Å². The number of nitrogens with zero attached hydrogens (tertiary/aromatic N) is 1. The SMILES string of the molecule is CCC(C)C(C)Nc1c(C)ccnc1Cl. The van der Waals surface area contributed by atoms with Gasteiger partial charge in [0.05, 0.1) is 5.69 Å². The first-order chi connectivity index (χ1) is 7.06. The Morgan fingerprint density at radius 2 is 2.13 bits per heavy atom. The molecule has 0 bridgehead atoms. The van der Waals surface area contributed by atoms with Gasteiger partial charge in [-0.1, -0.05) is 31.9 Å². The Morgan fingerprint density at radius 1 is 1.47 bits per heavy atom. The van der Waals surface area contributed by atoms with Crippen molar-refractivity contribution in [1.29, 1.82) is 0 Å². The molecule has 15 heavy (non-hydrogen) atoms. The van der Waals surface area contributed by atoms with E-state index < -0.39 is 0 Å². The van der Waals surface area contributed by atoms with Gasteiger partial charge in [0.2, 0.25) is 0 Å². The van der Waals surface area contributed by atoms with Gasteiger partial charge in [-0.3, -0.25) is 0 Å². The number of aromatic nitrogens is 1. The lowest BCUT2D eigenvalue weighted by molar-refractivity contribution is 0.494. The minimum Gasteiger partial charge on any atom is -0.380 e. The zero-order valence-electron chi connectivity index (χ0n) is 9.84. The minimum absolute atomic E-state index is 0.412. The molecule has 0 aliphatic rings. The maximum absolute atomic E-state index is 6.05. The third-order valence-corrected chi connectivity index (χ3v) is 3.27. The largest absolute Gasteiger partial charge is 0.380 e. The van der Waals surface area contributed by atoms with E-state index in [4.69, 9.17) is 11.6 Å². The number of halogens is 1. The van der Waals surface area contributed by atoms with Crippen LogP contribution in [-0.4, -0.2) is 11.0 Å². The van der Waals surface area contributed by atoms with Crippen molar-refractivity contribution < 1.29 is 0 Å². The molecule has 3 heteroatoms. The van der Waals surface area contributed by atoms with Gasteiger partial charge in [0, 0.05) is 12.2 Å². The molecular formula is C12H19ClN2. The second-order valence-corrected chi connectivity index (χ2v) is 4.47. The number of pyridine rings is 1.